The quantitative estimate of drug-likeness (QED) is 0.641. The van der Waals surface area contributed by atoms with Gasteiger partial charge in [0.05, 0.1) is 18.4 Å². The van der Waals surface area contributed by atoms with E-state index >= 15 is 0 Å². The van der Waals surface area contributed by atoms with Crippen LogP contribution in [0, 0.1) is 0 Å². The predicted molar refractivity (Wildman–Crippen MR) is 115 cm³/mol. The second-order valence-electron chi connectivity index (χ2n) is 7.60. The second kappa shape index (κ2) is 9.17. The molecule has 9 heteroatoms. The van der Waals surface area contributed by atoms with E-state index < -0.39 is 5.97 Å². The number of aromatic nitrogens is 3. The second-order valence-corrected chi connectivity index (χ2v) is 7.60. The number of fused-ring (bicyclic) bond motifs is 1. The first-order valence-electron chi connectivity index (χ1n) is 9.96. The van der Waals surface area contributed by atoms with E-state index in [9.17, 15) is 14.3 Å². The maximum absolute atomic E-state index is 13.3. The van der Waals surface area contributed by atoms with Gasteiger partial charge >= 0.3 is 5.97 Å². The van der Waals surface area contributed by atoms with Gasteiger partial charge in [0.1, 0.15) is 17.2 Å². The lowest BCUT2D eigenvalue weighted by Gasteiger charge is -2.28. The van der Waals surface area contributed by atoms with Crippen LogP contribution in [0.1, 0.15) is 49.9 Å². The molecule has 0 aliphatic carbocycles. The fraction of sp³-hybridized carbons (Fsp3) is 0.429. The minimum atomic E-state index is -1.07. The molecule has 3 heterocycles. The third-order valence-corrected chi connectivity index (χ3v) is 5.14. The van der Waals surface area contributed by atoms with Gasteiger partial charge in [-0.15, -0.1) is 0 Å². The average molecular weight is 414 g/mol. The number of carboxylic acids is 1. The number of aliphatic imine (C=N–C) groups is 1. The predicted octanol–water partition coefficient (Wildman–Crippen LogP) is 3.35. The van der Waals surface area contributed by atoms with Gasteiger partial charge in [0.2, 0.25) is 0 Å². The lowest BCUT2D eigenvalue weighted by molar-refractivity contribution is 0.0698. The van der Waals surface area contributed by atoms with Gasteiger partial charge in [0, 0.05) is 24.5 Å². The van der Waals surface area contributed by atoms with Crippen molar-refractivity contribution in [2.45, 2.75) is 51.6 Å². The number of carbonyl (C=O) groups is 1. The number of aromatic carboxylic acids is 1. The molecule has 8 nitrogen and oxygen atoms in total. The van der Waals surface area contributed by atoms with Gasteiger partial charge in [-0.3, -0.25) is 4.99 Å². The van der Waals surface area contributed by atoms with Gasteiger partial charge in [-0.25, -0.2) is 18.7 Å². The van der Waals surface area contributed by atoms with Crippen LogP contribution in [0.15, 0.2) is 47.6 Å². The van der Waals surface area contributed by atoms with Crippen molar-refractivity contribution >= 4 is 23.1 Å². The molecule has 0 aromatic carbocycles. The maximum Gasteiger partial charge on any atom is 0.341 e. The monoisotopic (exact) mass is 414 g/mol. The Morgan fingerprint density at radius 1 is 1.57 bits per heavy atom. The molecule has 1 fully saturated rings. The van der Waals surface area contributed by atoms with Crippen LogP contribution in [-0.4, -0.2) is 50.0 Å². The molecule has 30 heavy (non-hydrogen) atoms. The Morgan fingerprint density at radius 2 is 2.33 bits per heavy atom. The third-order valence-electron chi connectivity index (χ3n) is 5.14. The normalized spacial score (nSPS) is 18.8. The van der Waals surface area contributed by atoms with Crippen molar-refractivity contribution in [2.24, 2.45) is 10.7 Å². The third kappa shape index (κ3) is 4.73. The summed E-state index contributed by atoms with van der Waals surface area (Å²) in [5, 5.41) is 13.4. The highest BCUT2D eigenvalue weighted by Crippen LogP contribution is 2.30. The number of nitrogens with two attached hydrogens (primary N) is 1. The molecule has 0 radical (unpaired) electrons. The first-order valence-corrected chi connectivity index (χ1v) is 9.96. The van der Waals surface area contributed by atoms with Crippen LogP contribution in [0.3, 0.4) is 0 Å². The van der Waals surface area contributed by atoms with Crippen molar-refractivity contribution < 1.29 is 14.3 Å². The Morgan fingerprint density at radius 3 is 3.00 bits per heavy atom. The first kappa shape index (κ1) is 21.6. The standard InChI is InChI=1S/C21H27FN6O2/c1-13(22)11-24-17(7-6-14(2)23)15(3)18-5-4-9-27(18)19-8-10-28-20(26-19)16(12-25-28)21(29)30/h8,10-12,14,18H,3-7,9,23H2,1-2H3,(H,29,30)/b13-11+,24-17-/t14-,18-/m1/s1. The Balaban J connectivity index is 1.91. The molecule has 1 saturated heterocycles. The lowest BCUT2D eigenvalue weighted by atomic mass is 9.97. The van der Waals surface area contributed by atoms with E-state index in [4.69, 9.17) is 5.73 Å². The molecule has 0 bridgehead atoms. The minimum Gasteiger partial charge on any atom is -0.477 e. The van der Waals surface area contributed by atoms with Crippen LogP contribution in [0.4, 0.5) is 10.2 Å². The van der Waals surface area contributed by atoms with Crippen molar-refractivity contribution in [1.82, 2.24) is 14.6 Å². The van der Waals surface area contributed by atoms with Crippen molar-refractivity contribution in [3.05, 3.63) is 48.2 Å². The summed E-state index contributed by atoms with van der Waals surface area (Å²) >= 11 is 0. The average Bonchev–Trinajstić information content (AvgIpc) is 3.33. The largest absolute Gasteiger partial charge is 0.477 e. The number of halogens is 1. The highest BCUT2D eigenvalue weighted by molar-refractivity contribution is 6.01. The molecule has 2 aromatic heterocycles. The smallest absolute Gasteiger partial charge is 0.341 e. The molecule has 0 amide bonds. The summed E-state index contributed by atoms with van der Waals surface area (Å²) in [6.07, 6.45) is 7.29. The van der Waals surface area contributed by atoms with E-state index in [0.29, 0.717) is 18.7 Å². The first-order chi connectivity index (χ1) is 14.3. The summed E-state index contributed by atoms with van der Waals surface area (Å²) in [4.78, 5) is 22.4. The zero-order valence-electron chi connectivity index (χ0n) is 17.3. The van der Waals surface area contributed by atoms with E-state index in [2.05, 4.69) is 26.6 Å². The summed E-state index contributed by atoms with van der Waals surface area (Å²) in [6.45, 7) is 8.28. The number of rotatable bonds is 8. The van der Waals surface area contributed by atoms with Crippen LogP contribution < -0.4 is 10.6 Å². The molecule has 0 spiro atoms. The molecule has 160 valence electrons. The number of allylic oxidation sites excluding steroid dienone is 1. The van der Waals surface area contributed by atoms with Crippen LogP contribution in [0.2, 0.25) is 0 Å². The van der Waals surface area contributed by atoms with Crippen LogP contribution >= 0.6 is 0 Å². The van der Waals surface area contributed by atoms with Gasteiger partial charge in [-0.1, -0.05) is 6.58 Å². The lowest BCUT2D eigenvalue weighted by Crippen LogP contribution is -2.34. The van der Waals surface area contributed by atoms with E-state index in [1.54, 1.807) is 6.20 Å². The summed E-state index contributed by atoms with van der Waals surface area (Å²) in [6, 6.07) is 1.75. The van der Waals surface area contributed by atoms with Gasteiger partial charge in [-0.2, -0.15) is 5.10 Å². The highest BCUT2D eigenvalue weighted by atomic mass is 19.1. The zero-order chi connectivity index (χ0) is 21.8. The molecule has 3 N–H and O–H groups in total. The van der Waals surface area contributed by atoms with Crippen molar-refractivity contribution in [2.75, 3.05) is 11.4 Å². The molecule has 2 aromatic rings. The van der Waals surface area contributed by atoms with E-state index in [1.165, 1.54) is 23.8 Å². The molecule has 1 aliphatic heterocycles. The molecule has 2 atom stereocenters. The van der Waals surface area contributed by atoms with E-state index in [0.717, 1.165) is 30.7 Å². The Kier molecular flexibility index (Phi) is 6.61. The van der Waals surface area contributed by atoms with Gasteiger partial charge < -0.3 is 15.7 Å². The number of hydrogen-bond acceptors (Lipinski definition) is 6. The minimum absolute atomic E-state index is 0.00138. The van der Waals surface area contributed by atoms with Gasteiger partial charge in [0.25, 0.3) is 0 Å². The summed E-state index contributed by atoms with van der Waals surface area (Å²) in [5.41, 5.74) is 7.76. The summed E-state index contributed by atoms with van der Waals surface area (Å²) in [5.74, 6) is -0.799. The van der Waals surface area contributed by atoms with Gasteiger partial charge in [0.15, 0.2) is 5.65 Å². The Bertz CT molecular complexity index is 1010. The molecule has 1 aliphatic rings. The SMILES string of the molecule is C=C(/C(CC[C@@H](C)N)=N\C=C(/C)F)[C@H]1CCCN1c1ccn2ncc(C(=O)O)c2n1. The summed E-state index contributed by atoms with van der Waals surface area (Å²) < 4.78 is 14.7. The molecular weight excluding hydrogens is 387 g/mol. The molecule has 0 unspecified atom stereocenters. The van der Waals surface area contributed by atoms with Crippen molar-refractivity contribution in [3.8, 4) is 0 Å². The molecule has 3 rings (SSSR count). The van der Waals surface area contributed by atoms with E-state index in [1.807, 2.05) is 13.0 Å². The number of hydrogen-bond donors (Lipinski definition) is 2. The highest BCUT2D eigenvalue weighted by Gasteiger charge is 2.30. The molecule has 0 saturated carbocycles. The fourth-order valence-corrected chi connectivity index (χ4v) is 3.60. The van der Waals surface area contributed by atoms with E-state index in [-0.39, 0.29) is 29.1 Å². The maximum atomic E-state index is 13.3. The fourth-order valence-electron chi connectivity index (χ4n) is 3.60. The number of anilines is 1. The van der Waals surface area contributed by atoms with Crippen LogP contribution in [-0.2, 0) is 0 Å². The molecular formula is C21H27FN6O2. The van der Waals surface area contributed by atoms with Crippen LogP contribution in [0.25, 0.3) is 5.65 Å². The zero-order valence-corrected chi connectivity index (χ0v) is 17.3. The number of nitrogens with zero attached hydrogens (tertiary/aromatic N) is 5. The Labute approximate surface area is 174 Å². The topological polar surface area (TPSA) is 109 Å². The van der Waals surface area contributed by atoms with Crippen LogP contribution in [0.5, 0.6) is 0 Å². The Hall–Kier alpha value is -3.07. The number of carboxylic acid groups (broad SMARTS) is 1. The summed E-state index contributed by atoms with van der Waals surface area (Å²) in [7, 11) is 0. The van der Waals surface area contributed by atoms with Crippen molar-refractivity contribution in [1.29, 1.82) is 0 Å². The van der Waals surface area contributed by atoms with Gasteiger partial charge in [-0.05, 0) is 51.2 Å². The van der Waals surface area contributed by atoms with Crippen molar-refractivity contribution in [3.63, 3.8) is 0 Å².